The van der Waals surface area contributed by atoms with E-state index in [2.05, 4.69) is 4.90 Å². The number of morpholine rings is 1. The van der Waals surface area contributed by atoms with Gasteiger partial charge < -0.3 is 24.2 Å². The Balaban J connectivity index is 1.57. The van der Waals surface area contributed by atoms with Crippen LogP contribution >= 0.6 is 0 Å². The zero-order valence-electron chi connectivity index (χ0n) is 16.2. The number of nitrogens with zero attached hydrogens (tertiary/aromatic N) is 1. The largest absolute Gasteiger partial charge is 0.507 e. The number of carbonyl (C=O) groups is 1. The molecule has 0 aliphatic carbocycles. The summed E-state index contributed by atoms with van der Waals surface area (Å²) in [6, 6.07) is 11.2. The van der Waals surface area contributed by atoms with E-state index in [0.717, 1.165) is 30.1 Å². The van der Waals surface area contributed by atoms with Gasteiger partial charge in [-0.15, -0.1) is 0 Å². The number of aromatic hydroxyl groups is 1. The molecule has 0 amide bonds. The lowest BCUT2D eigenvalue weighted by atomic mass is 9.91. The molecular formula is C22H25NO5. The SMILES string of the molecule is Cc1cccc(OCC2(C)CC(=O)c3c(O)cc(N4CCOCC4)cc3O2)c1. The first-order valence-electron chi connectivity index (χ1n) is 9.55. The molecule has 0 aromatic heterocycles. The molecule has 1 saturated heterocycles. The summed E-state index contributed by atoms with van der Waals surface area (Å²) in [5.74, 6) is 0.981. The van der Waals surface area contributed by atoms with Gasteiger partial charge in [-0.1, -0.05) is 12.1 Å². The van der Waals surface area contributed by atoms with E-state index in [0.29, 0.717) is 19.0 Å². The smallest absolute Gasteiger partial charge is 0.174 e. The van der Waals surface area contributed by atoms with Gasteiger partial charge in [0, 0.05) is 30.9 Å². The maximum Gasteiger partial charge on any atom is 0.174 e. The maximum atomic E-state index is 12.7. The normalized spacial score (nSPS) is 21.8. The van der Waals surface area contributed by atoms with E-state index in [1.54, 1.807) is 6.07 Å². The average Bonchev–Trinajstić information content (AvgIpc) is 2.66. The molecule has 2 aromatic rings. The minimum atomic E-state index is -0.802. The number of ketones is 1. The molecule has 6 nitrogen and oxygen atoms in total. The minimum absolute atomic E-state index is 0.0364. The second-order valence-electron chi connectivity index (χ2n) is 7.69. The van der Waals surface area contributed by atoms with Crippen LogP contribution in [-0.2, 0) is 4.74 Å². The number of ether oxygens (including phenoxy) is 3. The molecule has 0 bridgehead atoms. The number of benzene rings is 2. The summed E-state index contributed by atoms with van der Waals surface area (Å²) >= 11 is 0. The van der Waals surface area contributed by atoms with Crippen molar-refractivity contribution in [2.75, 3.05) is 37.8 Å². The number of phenols is 1. The molecule has 2 aliphatic rings. The van der Waals surface area contributed by atoms with Crippen molar-refractivity contribution in [1.82, 2.24) is 0 Å². The summed E-state index contributed by atoms with van der Waals surface area (Å²) in [6.45, 7) is 6.85. The average molecular weight is 383 g/mol. The molecule has 2 aliphatic heterocycles. The van der Waals surface area contributed by atoms with Gasteiger partial charge in [0.15, 0.2) is 5.78 Å². The standard InChI is InChI=1S/C22H25NO5/c1-15-4-3-5-17(10-15)27-14-22(2)13-19(25)21-18(24)11-16(12-20(21)28-22)23-6-8-26-9-7-23/h3-5,10-12,24H,6-9,13-14H2,1-2H3. The van der Waals surface area contributed by atoms with Crippen LogP contribution in [0.15, 0.2) is 36.4 Å². The Hall–Kier alpha value is -2.73. The number of Topliss-reactive ketones (excluding diaryl/α,β-unsaturated/α-hetero) is 1. The van der Waals surface area contributed by atoms with Crippen molar-refractivity contribution >= 4 is 11.5 Å². The van der Waals surface area contributed by atoms with Gasteiger partial charge in [0.25, 0.3) is 0 Å². The second kappa shape index (κ2) is 7.36. The van der Waals surface area contributed by atoms with Crippen LogP contribution in [0.4, 0.5) is 5.69 Å². The van der Waals surface area contributed by atoms with Gasteiger partial charge in [-0.3, -0.25) is 4.79 Å². The predicted octanol–water partition coefficient (Wildman–Crippen LogP) is 3.34. The third kappa shape index (κ3) is 3.78. The van der Waals surface area contributed by atoms with E-state index in [9.17, 15) is 9.90 Å². The molecule has 0 saturated carbocycles. The lowest BCUT2D eigenvalue weighted by Crippen LogP contribution is -2.44. The molecule has 1 unspecified atom stereocenters. The molecular weight excluding hydrogens is 358 g/mol. The molecule has 0 spiro atoms. The predicted molar refractivity (Wildman–Crippen MR) is 106 cm³/mol. The highest BCUT2D eigenvalue weighted by Gasteiger charge is 2.39. The van der Waals surface area contributed by atoms with E-state index >= 15 is 0 Å². The Morgan fingerprint density at radius 1 is 1.21 bits per heavy atom. The van der Waals surface area contributed by atoms with Gasteiger partial charge >= 0.3 is 0 Å². The second-order valence-corrected chi connectivity index (χ2v) is 7.69. The summed E-state index contributed by atoms with van der Waals surface area (Å²) in [5.41, 5.74) is 1.39. The fraction of sp³-hybridized carbons (Fsp3) is 0.409. The third-order valence-corrected chi connectivity index (χ3v) is 5.15. The number of carbonyl (C=O) groups excluding carboxylic acids is 1. The number of anilines is 1. The van der Waals surface area contributed by atoms with Gasteiger partial charge in [-0.05, 0) is 31.5 Å². The van der Waals surface area contributed by atoms with Crippen LogP contribution in [0, 0.1) is 6.92 Å². The van der Waals surface area contributed by atoms with Gasteiger partial charge in [0.1, 0.15) is 35.0 Å². The first kappa shape index (κ1) is 18.6. The highest BCUT2D eigenvalue weighted by atomic mass is 16.5. The van der Waals surface area contributed by atoms with Crippen LogP contribution in [0.1, 0.15) is 29.3 Å². The number of fused-ring (bicyclic) bond motifs is 1. The highest BCUT2D eigenvalue weighted by Crippen LogP contribution is 2.41. The summed E-state index contributed by atoms with van der Waals surface area (Å²) in [7, 11) is 0. The summed E-state index contributed by atoms with van der Waals surface area (Å²) in [6.07, 6.45) is 0.149. The van der Waals surface area contributed by atoms with Crippen molar-refractivity contribution < 1.29 is 24.1 Å². The summed E-state index contributed by atoms with van der Waals surface area (Å²) < 4.78 is 17.5. The Morgan fingerprint density at radius 2 is 2.00 bits per heavy atom. The Labute approximate surface area is 164 Å². The Kier molecular flexibility index (Phi) is 4.89. The van der Waals surface area contributed by atoms with Crippen LogP contribution in [0.3, 0.4) is 0 Å². The van der Waals surface area contributed by atoms with Gasteiger partial charge in [0.05, 0.1) is 19.6 Å². The molecule has 2 aromatic carbocycles. The molecule has 1 N–H and O–H groups in total. The van der Waals surface area contributed by atoms with E-state index < -0.39 is 5.60 Å². The fourth-order valence-corrected chi connectivity index (χ4v) is 3.70. The van der Waals surface area contributed by atoms with Crippen LogP contribution in [0.2, 0.25) is 0 Å². The van der Waals surface area contributed by atoms with Crippen molar-refractivity contribution in [1.29, 1.82) is 0 Å². The lowest BCUT2D eigenvalue weighted by molar-refractivity contribution is 0.0186. The zero-order valence-corrected chi connectivity index (χ0v) is 16.2. The van der Waals surface area contributed by atoms with Crippen LogP contribution < -0.4 is 14.4 Å². The number of rotatable bonds is 4. The van der Waals surface area contributed by atoms with E-state index in [1.807, 2.05) is 44.2 Å². The van der Waals surface area contributed by atoms with Crippen LogP contribution in [-0.4, -0.2) is 49.4 Å². The summed E-state index contributed by atoms with van der Waals surface area (Å²) in [5, 5.41) is 10.5. The van der Waals surface area contributed by atoms with Gasteiger partial charge in [-0.2, -0.15) is 0 Å². The molecule has 148 valence electrons. The molecule has 2 heterocycles. The Morgan fingerprint density at radius 3 is 2.75 bits per heavy atom. The minimum Gasteiger partial charge on any atom is -0.507 e. The topological polar surface area (TPSA) is 68.2 Å². The van der Waals surface area contributed by atoms with Crippen molar-refractivity contribution in [2.45, 2.75) is 25.9 Å². The molecule has 1 atom stereocenters. The number of aryl methyl sites for hydroxylation is 1. The lowest BCUT2D eigenvalue weighted by Gasteiger charge is -2.36. The van der Waals surface area contributed by atoms with Gasteiger partial charge in [0.2, 0.25) is 0 Å². The molecule has 1 fully saturated rings. The summed E-state index contributed by atoms with van der Waals surface area (Å²) in [4.78, 5) is 14.9. The quantitative estimate of drug-likeness (QED) is 0.873. The first-order chi connectivity index (χ1) is 13.4. The van der Waals surface area contributed by atoms with Crippen LogP contribution in [0.5, 0.6) is 17.2 Å². The molecule has 6 heteroatoms. The highest BCUT2D eigenvalue weighted by molar-refractivity contribution is 6.03. The number of phenolic OH excluding ortho intramolecular Hbond substituents is 1. The third-order valence-electron chi connectivity index (χ3n) is 5.15. The molecule has 28 heavy (non-hydrogen) atoms. The maximum absolute atomic E-state index is 12.7. The number of hydrogen-bond donors (Lipinski definition) is 1. The number of hydrogen-bond acceptors (Lipinski definition) is 6. The van der Waals surface area contributed by atoms with Crippen LogP contribution in [0.25, 0.3) is 0 Å². The molecule has 0 radical (unpaired) electrons. The molecule has 4 rings (SSSR count). The fourth-order valence-electron chi connectivity index (χ4n) is 3.70. The zero-order chi connectivity index (χ0) is 19.7. The van der Waals surface area contributed by atoms with Crippen molar-refractivity contribution in [3.05, 3.63) is 47.5 Å². The van der Waals surface area contributed by atoms with E-state index in [-0.39, 0.29) is 30.1 Å². The first-order valence-corrected chi connectivity index (χ1v) is 9.55. The van der Waals surface area contributed by atoms with Crippen molar-refractivity contribution in [3.8, 4) is 17.2 Å². The van der Waals surface area contributed by atoms with E-state index in [4.69, 9.17) is 14.2 Å². The van der Waals surface area contributed by atoms with E-state index in [1.165, 1.54) is 0 Å². The van der Waals surface area contributed by atoms with Crippen molar-refractivity contribution in [2.24, 2.45) is 0 Å². The van der Waals surface area contributed by atoms with Gasteiger partial charge in [-0.25, -0.2) is 0 Å². The monoisotopic (exact) mass is 383 g/mol. The van der Waals surface area contributed by atoms with Crippen molar-refractivity contribution in [3.63, 3.8) is 0 Å². The Bertz CT molecular complexity index is 890.